The van der Waals surface area contributed by atoms with Crippen LogP contribution < -0.4 is 0 Å². The Labute approximate surface area is 188 Å². The molecule has 1 saturated carbocycles. The van der Waals surface area contributed by atoms with Gasteiger partial charge >= 0.3 is 0 Å². The van der Waals surface area contributed by atoms with E-state index in [0.717, 1.165) is 24.0 Å². The van der Waals surface area contributed by atoms with E-state index in [4.69, 9.17) is 18.9 Å². The molecule has 1 heterocycles. The summed E-state index contributed by atoms with van der Waals surface area (Å²) >= 11 is 0. The molecule has 0 unspecified atom stereocenters. The average Bonchev–Trinajstić information content (AvgIpc) is 3.16. The zero-order valence-corrected chi connectivity index (χ0v) is 19.6. The van der Waals surface area contributed by atoms with Crippen LogP contribution in [0.4, 0.5) is 0 Å². The number of hydrogen-bond acceptors (Lipinski definition) is 7. The predicted octanol–water partition coefficient (Wildman–Crippen LogP) is 4.07. The number of aryl methyl sites for hydroxylation is 2. The molecular formula is C21H28O9S2. The van der Waals surface area contributed by atoms with Crippen molar-refractivity contribution in [3.05, 3.63) is 59.7 Å². The summed E-state index contributed by atoms with van der Waals surface area (Å²) in [4.78, 5) is 9.64. The second-order valence-corrected chi connectivity index (χ2v) is 10.6. The van der Waals surface area contributed by atoms with Crippen LogP contribution in [0, 0.1) is 13.8 Å². The maximum absolute atomic E-state index is 10.5. The Bertz CT molecular complexity index is 974. The second-order valence-electron chi connectivity index (χ2n) is 7.73. The van der Waals surface area contributed by atoms with Crippen molar-refractivity contribution < 1.29 is 40.8 Å². The standard InChI is InChI=1S/2C7H8O3S.C7H12O3/c2*1-6-2-4-7(5-3-6)11(8,9)10;1-2-4-7(5-3-1)6-8-10-9-7/h2*2-5H,1H3,(H,8,9,10);1-6H2. The van der Waals surface area contributed by atoms with Crippen molar-refractivity contribution >= 4 is 20.2 Å². The number of rotatable bonds is 2. The average molecular weight is 489 g/mol. The summed E-state index contributed by atoms with van der Waals surface area (Å²) in [7, 11) is -8.04. The Hall–Kier alpha value is -1.86. The van der Waals surface area contributed by atoms with Crippen LogP contribution >= 0.6 is 0 Å². The summed E-state index contributed by atoms with van der Waals surface area (Å²) in [5.41, 5.74) is 1.84. The van der Waals surface area contributed by atoms with Gasteiger partial charge in [-0.15, -0.1) is 0 Å². The maximum Gasteiger partial charge on any atom is 0.294 e. The van der Waals surface area contributed by atoms with Crippen molar-refractivity contribution in [3.63, 3.8) is 0 Å². The highest BCUT2D eigenvalue weighted by molar-refractivity contribution is 7.86. The lowest BCUT2D eigenvalue weighted by molar-refractivity contribution is -0.471. The summed E-state index contributed by atoms with van der Waals surface area (Å²) in [6.07, 6.45) is 5.99. The molecule has 9 nitrogen and oxygen atoms in total. The molecule has 1 spiro atoms. The van der Waals surface area contributed by atoms with Crippen LogP contribution in [0.3, 0.4) is 0 Å². The molecule has 1 saturated heterocycles. The Morgan fingerprint density at radius 2 is 1.12 bits per heavy atom. The molecule has 11 heteroatoms. The van der Waals surface area contributed by atoms with Gasteiger partial charge in [-0.3, -0.25) is 9.11 Å². The first-order chi connectivity index (χ1) is 14.9. The molecule has 2 aromatic carbocycles. The fourth-order valence-electron chi connectivity index (χ4n) is 3.10. The van der Waals surface area contributed by atoms with Crippen LogP contribution in [0.5, 0.6) is 0 Å². The quantitative estimate of drug-likeness (QED) is 0.473. The van der Waals surface area contributed by atoms with Gasteiger partial charge in [-0.25, -0.2) is 4.89 Å². The van der Waals surface area contributed by atoms with Crippen LogP contribution in [0.1, 0.15) is 43.2 Å². The third-order valence-electron chi connectivity index (χ3n) is 4.98. The van der Waals surface area contributed by atoms with Crippen molar-refractivity contribution in [3.8, 4) is 0 Å². The molecule has 0 bridgehead atoms. The van der Waals surface area contributed by atoms with Crippen molar-refractivity contribution in [2.24, 2.45) is 0 Å². The van der Waals surface area contributed by atoms with E-state index in [2.05, 4.69) is 5.04 Å². The molecule has 0 atom stereocenters. The summed E-state index contributed by atoms with van der Waals surface area (Å²) in [5, 5.41) is 4.44. The third kappa shape index (κ3) is 8.58. The van der Waals surface area contributed by atoms with E-state index in [1.54, 1.807) is 24.3 Å². The second kappa shape index (κ2) is 11.3. The molecule has 1 aliphatic heterocycles. The van der Waals surface area contributed by atoms with Gasteiger partial charge in [0.1, 0.15) is 12.2 Å². The minimum atomic E-state index is -4.02. The van der Waals surface area contributed by atoms with E-state index in [0.29, 0.717) is 6.61 Å². The first-order valence-electron chi connectivity index (χ1n) is 9.97. The van der Waals surface area contributed by atoms with E-state index >= 15 is 0 Å². The van der Waals surface area contributed by atoms with Crippen molar-refractivity contribution in [2.75, 3.05) is 6.61 Å². The van der Waals surface area contributed by atoms with Gasteiger partial charge in [0.25, 0.3) is 20.2 Å². The summed E-state index contributed by atoms with van der Waals surface area (Å²) in [6, 6.07) is 12.0. The fourth-order valence-corrected chi connectivity index (χ4v) is 4.06. The fraction of sp³-hybridized carbons (Fsp3) is 0.429. The van der Waals surface area contributed by atoms with E-state index in [1.165, 1.54) is 43.5 Å². The van der Waals surface area contributed by atoms with Crippen LogP contribution in [-0.2, 0) is 35.0 Å². The van der Waals surface area contributed by atoms with Crippen LogP contribution in [-0.4, -0.2) is 38.1 Å². The molecule has 2 aromatic rings. The first kappa shape index (κ1) is 26.4. The highest BCUT2D eigenvalue weighted by Crippen LogP contribution is 2.35. The highest BCUT2D eigenvalue weighted by Gasteiger charge is 2.39. The molecule has 0 aromatic heterocycles. The lowest BCUT2D eigenvalue weighted by Crippen LogP contribution is -2.33. The van der Waals surface area contributed by atoms with Crippen LogP contribution in [0.2, 0.25) is 0 Å². The highest BCUT2D eigenvalue weighted by atomic mass is 32.2. The minimum absolute atomic E-state index is 0.0666. The number of hydrogen-bond donors (Lipinski definition) is 2. The van der Waals surface area contributed by atoms with Gasteiger partial charge in [-0.05, 0) is 51.0 Å². The zero-order chi connectivity index (χ0) is 23.8. The van der Waals surface area contributed by atoms with Gasteiger partial charge in [0, 0.05) is 0 Å². The van der Waals surface area contributed by atoms with Crippen LogP contribution in [0.25, 0.3) is 0 Å². The summed E-state index contributed by atoms with van der Waals surface area (Å²) in [6.45, 7) is 4.30. The largest absolute Gasteiger partial charge is 0.294 e. The molecule has 2 N–H and O–H groups in total. The Kier molecular flexibility index (Phi) is 9.34. The first-order valence-corrected chi connectivity index (χ1v) is 12.8. The number of benzene rings is 2. The minimum Gasteiger partial charge on any atom is -0.282 e. The molecule has 32 heavy (non-hydrogen) atoms. The van der Waals surface area contributed by atoms with E-state index < -0.39 is 20.2 Å². The maximum atomic E-state index is 10.5. The Morgan fingerprint density at radius 1 is 0.719 bits per heavy atom. The Morgan fingerprint density at radius 3 is 1.44 bits per heavy atom. The Balaban J connectivity index is 0.000000170. The van der Waals surface area contributed by atoms with Gasteiger partial charge < -0.3 is 0 Å². The zero-order valence-electron chi connectivity index (χ0n) is 17.9. The lowest BCUT2D eigenvalue weighted by atomic mass is 9.86. The van der Waals surface area contributed by atoms with Gasteiger partial charge in [0.2, 0.25) is 0 Å². The smallest absolute Gasteiger partial charge is 0.282 e. The summed E-state index contributed by atoms with van der Waals surface area (Å²) in [5.74, 6) is 0. The molecule has 4 rings (SSSR count). The van der Waals surface area contributed by atoms with E-state index in [1.807, 2.05) is 13.8 Å². The van der Waals surface area contributed by atoms with Crippen molar-refractivity contribution in [1.29, 1.82) is 0 Å². The SMILES string of the molecule is C1CCC2(CC1)COOO2.Cc1ccc(S(=O)(=O)O)cc1.Cc1ccc(S(=O)(=O)O)cc1. The van der Waals surface area contributed by atoms with E-state index in [9.17, 15) is 16.8 Å². The van der Waals surface area contributed by atoms with Gasteiger partial charge in [0.15, 0.2) is 0 Å². The molecule has 2 fully saturated rings. The normalized spacial score (nSPS) is 17.6. The lowest BCUT2D eigenvalue weighted by Gasteiger charge is -2.27. The molecule has 0 radical (unpaired) electrons. The van der Waals surface area contributed by atoms with Crippen molar-refractivity contribution in [2.45, 2.75) is 61.3 Å². The molecule has 2 aliphatic rings. The molecular weight excluding hydrogens is 460 g/mol. The van der Waals surface area contributed by atoms with Crippen LogP contribution in [0.15, 0.2) is 58.3 Å². The molecule has 178 valence electrons. The third-order valence-corrected chi connectivity index (χ3v) is 6.72. The van der Waals surface area contributed by atoms with Gasteiger partial charge in [-0.2, -0.15) is 21.7 Å². The molecule has 1 aliphatic carbocycles. The van der Waals surface area contributed by atoms with Crippen molar-refractivity contribution in [1.82, 2.24) is 0 Å². The molecule has 0 amide bonds. The van der Waals surface area contributed by atoms with Gasteiger partial charge in [-0.1, -0.05) is 59.7 Å². The predicted molar refractivity (Wildman–Crippen MR) is 116 cm³/mol. The van der Waals surface area contributed by atoms with E-state index in [-0.39, 0.29) is 15.4 Å². The summed E-state index contributed by atoms with van der Waals surface area (Å²) < 4.78 is 59.1. The van der Waals surface area contributed by atoms with Gasteiger partial charge in [0.05, 0.1) is 9.79 Å². The topological polar surface area (TPSA) is 136 Å². The monoisotopic (exact) mass is 488 g/mol.